The number of benzene rings is 9. The molecule has 0 aliphatic heterocycles. The Morgan fingerprint density at radius 1 is 0.352 bits per heavy atom. The number of rotatable bonds is 12. The van der Waals surface area contributed by atoms with Crippen molar-refractivity contribution in [2.45, 2.75) is 223 Å². The Morgan fingerprint density at radius 3 is 0.800 bits per heavy atom. The zero-order chi connectivity index (χ0) is 74.0. The Bertz CT molecular complexity index is 3040. The maximum atomic E-state index is 5.34. The van der Waals surface area contributed by atoms with Gasteiger partial charge in [0.1, 0.15) is 5.58 Å². The van der Waals surface area contributed by atoms with Gasteiger partial charge < -0.3 is 16.0 Å². The normalized spacial score (nSPS) is 14.9. The van der Waals surface area contributed by atoms with E-state index in [4.69, 9.17) is 15.6 Å². The standard InChI is InChI=1S/2C24H39N2P.7C7H7.2Hf/c2*1-24(2,3)26-23(25-19-20-13-7-4-8-14-20)27(21-15-9-5-10-16-21)22-17-11-6-12-18-22;7*1-7-5-3-2-4-6-7;;/h4,7-8,13-14,21-22H,5-6,9-12,15-19H2,1-3H3,(H,25,26);4,7-8,13-14,21-23H,5-6,9-12,15-19H2,1-3H3;7*2-6H,1H2;;/q;-2;7*-1;;+4. The van der Waals surface area contributed by atoms with Crippen LogP contribution in [0, 0.1) is 48.5 Å². The van der Waals surface area contributed by atoms with E-state index in [-0.39, 0.29) is 84.5 Å². The summed E-state index contributed by atoms with van der Waals surface area (Å²) in [6.07, 6.45) is 28.6. The first kappa shape index (κ1) is 93.3. The van der Waals surface area contributed by atoms with Crippen LogP contribution in [-0.4, -0.2) is 45.2 Å². The Kier molecular flexibility index (Phi) is 50.0. The van der Waals surface area contributed by atoms with E-state index in [1.165, 1.54) is 145 Å². The van der Waals surface area contributed by atoms with Crippen molar-refractivity contribution in [1.29, 1.82) is 0 Å². The maximum Gasteiger partial charge on any atom is 4.00 e. The first-order valence-corrected chi connectivity index (χ1v) is 41.3. The number of nitrogens with zero attached hydrogens (tertiary/aromatic N) is 3. The summed E-state index contributed by atoms with van der Waals surface area (Å²) in [5, 5.41) is 14.5. The fourth-order valence-electron chi connectivity index (χ4n) is 12.7. The quantitative estimate of drug-likeness (QED) is 0.0428. The molecule has 4 nitrogen and oxygen atoms in total. The molecule has 4 fully saturated rings. The molecule has 9 aromatic carbocycles. The first-order valence-electron chi connectivity index (χ1n) is 38.3. The monoisotopic (exact) mass is 1770 g/mol. The van der Waals surface area contributed by atoms with Crippen molar-refractivity contribution < 1.29 is 51.7 Å². The van der Waals surface area contributed by atoms with Crippen molar-refractivity contribution >= 4 is 21.4 Å². The van der Waals surface area contributed by atoms with E-state index in [0.717, 1.165) is 74.7 Å². The second-order valence-electron chi connectivity index (χ2n) is 29.4. The molecule has 1 N–H and O–H groups in total. The van der Waals surface area contributed by atoms with E-state index in [1.807, 2.05) is 212 Å². The van der Waals surface area contributed by atoms with E-state index in [1.54, 1.807) is 0 Å². The van der Waals surface area contributed by atoms with Crippen LogP contribution >= 0.6 is 15.8 Å². The van der Waals surface area contributed by atoms with Gasteiger partial charge in [-0.1, -0.05) is 207 Å². The van der Waals surface area contributed by atoms with Crippen LogP contribution in [-0.2, 0) is 64.8 Å². The zero-order valence-corrected chi connectivity index (χ0v) is 74.1. The molecule has 0 aromatic heterocycles. The van der Waals surface area contributed by atoms with Crippen LogP contribution in [0.15, 0.2) is 278 Å². The fraction of sp³-hybridized carbons (Fsp3) is 0.361. The van der Waals surface area contributed by atoms with Gasteiger partial charge in [0.05, 0.1) is 6.54 Å². The predicted octanol–water partition coefficient (Wildman–Crippen LogP) is 28.3. The molecule has 1 atom stereocenters. The van der Waals surface area contributed by atoms with E-state index >= 15 is 0 Å². The van der Waals surface area contributed by atoms with Gasteiger partial charge in [0.2, 0.25) is 0 Å². The number of nitrogens with one attached hydrogen (secondary N) is 1. The zero-order valence-electron chi connectivity index (χ0n) is 65.1. The molecule has 0 radical (unpaired) electrons. The van der Waals surface area contributed by atoms with Crippen molar-refractivity contribution in [3.8, 4) is 0 Å². The Morgan fingerprint density at radius 2 is 0.581 bits per heavy atom. The molecular formula is C97H127Hf2N4P2-5. The van der Waals surface area contributed by atoms with Gasteiger partial charge in [-0.2, -0.15) is 172 Å². The third-order valence-electron chi connectivity index (χ3n) is 17.9. The predicted molar refractivity (Wildman–Crippen MR) is 459 cm³/mol. The van der Waals surface area contributed by atoms with Crippen LogP contribution in [0.5, 0.6) is 0 Å². The molecule has 558 valence electrons. The maximum absolute atomic E-state index is 5.34. The van der Waals surface area contributed by atoms with Gasteiger partial charge in [-0.25, -0.2) is 5.91 Å². The first-order chi connectivity index (χ1) is 49.8. The topological polar surface area (TPSA) is 52.6 Å². The summed E-state index contributed by atoms with van der Waals surface area (Å²) < 4.78 is 0. The number of aliphatic imine (C=N–C) groups is 1. The largest absolute Gasteiger partial charge is 4.00 e. The van der Waals surface area contributed by atoms with Crippen LogP contribution in [0.4, 0.5) is 0 Å². The van der Waals surface area contributed by atoms with Crippen molar-refractivity contribution in [3.63, 3.8) is 0 Å². The molecule has 4 saturated carbocycles. The average Bonchev–Trinajstić information content (AvgIpc) is 0.821. The Balaban J connectivity index is 0.000000333. The average molecular weight is 1770 g/mol. The van der Waals surface area contributed by atoms with Crippen LogP contribution in [0.1, 0.15) is 220 Å². The summed E-state index contributed by atoms with van der Waals surface area (Å²) in [4.78, 5) is 5.26. The Hall–Kier alpha value is -5.94. The van der Waals surface area contributed by atoms with Gasteiger partial charge in [0.25, 0.3) is 0 Å². The summed E-state index contributed by atoms with van der Waals surface area (Å²) in [6, 6.07) is 90.7. The third kappa shape index (κ3) is 44.8. The van der Waals surface area contributed by atoms with Gasteiger partial charge in [0.15, 0.2) is 0 Å². The molecule has 0 amide bonds. The fourth-order valence-corrected chi connectivity index (χ4v) is 20.6. The molecule has 8 heteroatoms. The van der Waals surface area contributed by atoms with Crippen LogP contribution < -0.4 is 5.32 Å². The van der Waals surface area contributed by atoms with Gasteiger partial charge >= 0.3 is 25.8 Å². The summed E-state index contributed by atoms with van der Waals surface area (Å²) in [7, 11) is -0.336. The van der Waals surface area contributed by atoms with Gasteiger partial charge in [-0.15, -0.1) is 105 Å². The second kappa shape index (κ2) is 56.3. The summed E-state index contributed by atoms with van der Waals surface area (Å²) in [5.74, 6) is 0.228. The molecule has 9 aromatic rings. The van der Waals surface area contributed by atoms with Crippen molar-refractivity contribution in [1.82, 2.24) is 5.32 Å². The molecule has 13 rings (SSSR count). The molecule has 1 unspecified atom stereocenters. The van der Waals surface area contributed by atoms with E-state index in [2.05, 4.69) is 156 Å². The smallest absolute Gasteiger partial charge is 0.670 e. The molecule has 0 saturated heterocycles. The second-order valence-corrected chi connectivity index (χ2v) is 34.9. The minimum Gasteiger partial charge on any atom is -0.670 e. The SMILES string of the molecule is CC(C)(C)NC(=NCc1ccccc1)P(C1CCCCC1)C1CCCCC1.CC(C)(C)[N-]C([N-]Cc1ccccc1)P(C1CCCCC1)C1CCCCC1.[CH2-]c1ccccc1.[CH2-]c1ccccc1.[CH2-]c1ccccc1.[CH2-]c1ccccc1.[CH2-]c1ccccc1.[CH2-]c1ccccc1.[CH2-]c1ccccc1.[Hf+4].[Hf]. The van der Waals surface area contributed by atoms with E-state index in [9.17, 15) is 0 Å². The van der Waals surface area contributed by atoms with E-state index < -0.39 is 0 Å². The van der Waals surface area contributed by atoms with Crippen molar-refractivity contribution in [2.24, 2.45) is 4.99 Å². The van der Waals surface area contributed by atoms with E-state index in [0.29, 0.717) is 0 Å². The molecule has 0 bridgehead atoms. The molecule has 0 heterocycles. The molecule has 0 spiro atoms. The third-order valence-corrected chi connectivity index (χ3v) is 24.7. The number of amidine groups is 1. The van der Waals surface area contributed by atoms with Crippen LogP contribution in [0.2, 0.25) is 0 Å². The van der Waals surface area contributed by atoms with Gasteiger partial charge in [-0.05, 0) is 108 Å². The van der Waals surface area contributed by atoms with Gasteiger partial charge in [0, 0.05) is 31.4 Å². The van der Waals surface area contributed by atoms with Crippen molar-refractivity contribution in [3.05, 3.63) is 382 Å². The number of hydrogen-bond donors (Lipinski definition) is 1. The van der Waals surface area contributed by atoms with Crippen molar-refractivity contribution in [2.75, 3.05) is 0 Å². The number of hydrogen-bond acceptors (Lipinski definition) is 1. The molecular weight excluding hydrogens is 1640 g/mol. The van der Waals surface area contributed by atoms with Crippen LogP contribution in [0.25, 0.3) is 10.6 Å². The summed E-state index contributed by atoms with van der Waals surface area (Å²) >= 11 is 0. The molecule has 4 aliphatic carbocycles. The molecule has 4 aliphatic rings. The van der Waals surface area contributed by atoms with Gasteiger partial charge in [-0.3, -0.25) is 4.99 Å². The minimum atomic E-state index is -0.182. The van der Waals surface area contributed by atoms with Crippen LogP contribution in [0.3, 0.4) is 0 Å². The Labute approximate surface area is 682 Å². The minimum absolute atomic E-state index is 0. The molecule has 105 heavy (non-hydrogen) atoms. The summed E-state index contributed by atoms with van der Waals surface area (Å²) in [5.41, 5.74) is 15.2. The summed E-state index contributed by atoms with van der Waals surface area (Å²) in [6.45, 7) is 41.3.